The maximum atomic E-state index is 12.4. The maximum absolute atomic E-state index is 12.4. The number of ether oxygens (including phenoxy) is 1. The second-order valence-electron chi connectivity index (χ2n) is 4.99. The number of carbonyl (C=O) groups is 2. The smallest absolute Gasteiger partial charge is 0.341 e. The topological polar surface area (TPSA) is 68.3 Å². The van der Waals surface area contributed by atoms with Gasteiger partial charge in [-0.25, -0.2) is 9.78 Å². The van der Waals surface area contributed by atoms with Crippen molar-refractivity contribution in [2.45, 2.75) is 22.9 Å². The maximum Gasteiger partial charge on any atom is 0.341 e. The van der Waals surface area contributed by atoms with Crippen LogP contribution in [0.5, 0.6) is 0 Å². The van der Waals surface area contributed by atoms with Crippen LogP contribution in [0.25, 0.3) is 0 Å². The normalized spacial score (nSPS) is 11.4. The highest BCUT2D eigenvalue weighted by Crippen LogP contribution is 2.29. The van der Waals surface area contributed by atoms with Gasteiger partial charge in [-0.2, -0.15) is 0 Å². The molecule has 0 aliphatic heterocycles. The van der Waals surface area contributed by atoms with Crippen molar-refractivity contribution >= 4 is 35.2 Å². The van der Waals surface area contributed by atoms with Gasteiger partial charge in [0.2, 0.25) is 0 Å². The molecular weight excluding hydrogens is 360 g/mol. The molecule has 2 aromatic rings. The van der Waals surface area contributed by atoms with Crippen LogP contribution in [0.1, 0.15) is 17.3 Å². The van der Waals surface area contributed by atoms with E-state index in [0.717, 1.165) is 4.90 Å². The number of aromatic nitrogens is 1. The van der Waals surface area contributed by atoms with Gasteiger partial charge in [-0.05, 0) is 43.3 Å². The molecule has 1 aromatic heterocycles. The molecule has 130 valence electrons. The van der Waals surface area contributed by atoms with E-state index in [1.54, 1.807) is 36.5 Å². The molecule has 0 aliphatic carbocycles. The molecule has 0 saturated carbocycles. The number of benzene rings is 1. The van der Waals surface area contributed by atoms with E-state index in [-0.39, 0.29) is 5.91 Å². The molecule has 5 nitrogen and oxygen atoms in total. The predicted molar refractivity (Wildman–Crippen MR) is 97.9 cm³/mol. The van der Waals surface area contributed by atoms with Gasteiger partial charge < -0.3 is 10.1 Å². The van der Waals surface area contributed by atoms with Gasteiger partial charge in [0.05, 0.1) is 5.56 Å². The highest BCUT2D eigenvalue weighted by atomic mass is 35.5. The summed E-state index contributed by atoms with van der Waals surface area (Å²) in [5.74, 6) is -0.991. The Morgan fingerprint density at radius 1 is 1.36 bits per heavy atom. The van der Waals surface area contributed by atoms with E-state index in [0.29, 0.717) is 22.2 Å². The number of amides is 1. The zero-order chi connectivity index (χ0) is 18.2. The predicted octanol–water partition coefficient (Wildman–Crippen LogP) is 3.73. The summed E-state index contributed by atoms with van der Waals surface area (Å²) >= 11 is 7.19. The average molecular weight is 377 g/mol. The molecule has 1 N–H and O–H groups in total. The van der Waals surface area contributed by atoms with Crippen LogP contribution in [0.3, 0.4) is 0 Å². The molecule has 25 heavy (non-hydrogen) atoms. The number of hydrogen-bond acceptors (Lipinski definition) is 5. The standard InChI is InChI=1S/C18H17ClN2O3S/c1-3-10-20-16(22)12(2)24-18(23)15-5-4-11-21-17(15)25-14-8-6-13(19)7-9-14/h3-9,11-12H,1,10H2,2H3,(H,20,22)/t12-/m1/s1. The third-order valence-corrected chi connectivity index (χ3v) is 4.37. The number of nitrogens with one attached hydrogen (secondary N) is 1. The Balaban J connectivity index is 2.10. The number of esters is 1. The molecule has 0 fully saturated rings. The molecule has 7 heteroatoms. The molecule has 0 radical (unpaired) electrons. The summed E-state index contributed by atoms with van der Waals surface area (Å²) in [5.41, 5.74) is 0.297. The van der Waals surface area contributed by atoms with E-state index < -0.39 is 12.1 Å². The van der Waals surface area contributed by atoms with Gasteiger partial charge in [-0.3, -0.25) is 4.79 Å². The quantitative estimate of drug-likeness (QED) is 0.589. The summed E-state index contributed by atoms with van der Waals surface area (Å²) in [6.45, 7) is 5.34. The van der Waals surface area contributed by atoms with E-state index in [9.17, 15) is 9.59 Å². The number of rotatable bonds is 7. The van der Waals surface area contributed by atoms with E-state index in [2.05, 4.69) is 16.9 Å². The molecule has 1 atom stereocenters. The van der Waals surface area contributed by atoms with Gasteiger partial charge in [-0.1, -0.05) is 29.4 Å². The first kappa shape index (κ1) is 19.0. The number of carbonyl (C=O) groups excluding carboxylic acids is 2. The largest absolute Gasteiger partial charge is 0.449 e. The van der Waals surface area contributed by atoms with Crippen molar-refractivity contribution in [2.75, 3.05) is 6.54 Å². The van der Waals surface area contributed by atoms with Crippen LogP contribution in [-0.2, 0) is 9.53 Å². The molecule has 0 aliphatic rings. The van der Waals surface area contributed by atoms with Crippen molar-refractivity contribution < 1.29 is 14.3 Å². The second kappa shape index (κ2) is 9.25. The first-order valence-corrected chi connectivity index (χ1v) is 8.68. The summed E-state index contributed by atoms with van der Waals surface area (Å²) < 4.78 is 5.23. The number of pyridine rings is 1. The zero-order valence-corrected chi connectivity index (χ0v) is 15.1. The molecule has 0 bridgehead atoms. The highest BCUT2D eigenvalue weighted by molar-refractivity contribution is 7.99. The number of halogens is 1. The van der Waals surface area contributed by atoms with Crippen LogP contribution in [0.15, 0.2) is 65.2 Å². The average Bonchev–Trinajstić information content (AvgIpc) is 2.61. The Kier molecular flexibility index (Phi) is 7.03. The summed E-state index contributed by atoms with van der Waals surface area (Å²) in [5, 5.41) is 3.70. The number of hydrogen-bond donors (Lipinski definition) is 1. The highest BCUT2D eigenvalue weighted by Gasteiger charge is 2.21. The van der Waals surface area contributed by atoms with E-state index in [4.69, 9.17) is 16.3 Å². The first-order valence-electron chi connectivity index (χ1n) is 7.49. The minimum absolute atomic E-state index is 0.297. The van der Waals surface area contributed by atoms with Crippen LogP contribution in [0, 0.1) is 0 Å². The lowest BCUT2D eigenvalue weighted by Crippen LogP contribution is -2.35. The van der Waals surface area contributed by atoms with Crippen LogP contribution in [-0.4, -0.2) is 29.5 Å². The zero-order valence-electron chi connectivity index (χ0n) is 13.6. The fourth-order valence-corrected chi connectivity index (χ4v) is 2.83. The van der Waals surface area contributed by atoms with Crippen LogP contribution in [0.2, 0.25) is 5.02 Å². The van der Waals surface area contributed by atoms with Crippen molar-refractivity contribution in [2.24, 2.45) is 0 Å². The fraction of sp³-hybridized carbons (Fsp3) is 0.167. The number of nitrogens with zero attached hydrogens (tertiary/aromatic N) is 1. The van der Waals surface area contributed by atoms with Gasteiger partial charge in [0.25, 0.3) is 5.91 Å². The molecule has 0 spiro atoms. The molecule has 1 aromatic carbocycles. The van der Waals surface area contributed by atoms with E-state index >= 15 is 0 Å². The Hall–Kier alpha value is -2.31. The van der Waals surface area contributed by atoms with Gasteiger partial charge in [-0.15, -0.1) is 6.58 Å². The SMILES string of the molecule is C=CCNC(=O)[C@@H](C)OC(=O)c1cccnc1Sc1ccc(Cl)cc1. The summed E-state index contributed by atoms with van der Waals surface area (Å²) in [6, 6.07) is 10.4. The van der Waals surface area contributed by atoms with Crippen LogP contribution >= 0.6 is 23.4 Å². The Morgan fingerprint density at radius 3 is 2.76 bits per heavy atom. The Labute approximate surface area is 155 Å². The monoisotopic (exact) mass is 376 g/mol. The lowest BCUT2D eigenvalue weighted by molar-refractivity contribution is -0.128. The van der Waals surface area contributed by atoms with Crippen LogP contribution < -0.4 is 5.32 Å². The summed E-state index contributed by atoms with van der Waals surface area (Å²) in [4.78, 5) is 29.3. The lowest BCUT2D eigenvalue weighted by Gasteiger charge is -2.14. The van der Waals surface area contributed by atoms with Crippen molar-refractivity contribution in [3.8, 4) is 0 Å². The molecule has 0 unspecified atom stereocenters. The van der Waals surface area contributed by atoms with Gasteiger partial charge >= 0.3 is 5.97 Å². The van der Waals surface area contributed by atoms with Crippen molar-refractivity contribution in [1.82, 2.24) is 10.3 Å². The van der Waals surface area contributed by atoms with Crippen molar-refractivity contribution in [1.29, 1.82) is 0 Å². The van der Waals surface area contributed by atoms with Gasteiger partial charge in [0, 0.05) is 22.7 Å². The molecular formula is C18H17ClN2O3S. The molecule has 0 saturated heterocycles. The Bertz CT molecular complexity index is 765. The summed E-state index contributed by atoms with van der Waals surface area (Å²) in [7, 11) is 0. The third kappa shape index (κ3) is 5.62. The molecule has 2 rings (SSSR count). The molecule has 1 amide bonds. The molecule has 1 heterocycles. The second-order valence-corrected chi connectivity index (χ2v) is 6.49. The van der Waals surface area contributed by atoms with Crippen molar-refractivity contribution in [3.05, 3.63) is 65.8 Å². The summed E-state index contributed by atoms with van der Waals surface area (Å²) in [6.07, 6.45) is 2.23. The Morgan fingerprint density at radius 2 is 2.08 bits per heavy atom. The van der Waals surface area contributed by atoms with Gasteiger partial charge in [0.1, 0.15) is 5.03 Å². The van der Waals surface area contributed by atoms with Crippen molar-refractivity contribution in [3.63, 3.8) is 0 Å². The minimum Gasteiger partial charge on any atom is -0.449 e. The van der Waals surface area contributed by atoms with Crippen LogP contribution in [0.4, 0.5) is 0 Å². The first-order chi connectivity index (χ1) is 12.0. The van der Waals surface area contributed by atoms with Gasteiger partial charge in [0.15, 0.2) is 6.10 Å². The third-order valence-electron chi connectivity index (χ3n) is 3.09. The fourth-order valence-electron chi connectivity index (χ4n) is 1.84. The minimum atomic E-state index is -0.916. The van der Waals surface area contributed by atoms with E-state index in [1.165, 1.54) is 18.7 Å². The van der Waals surface area contributed by atoms with E-state index in [1.807, 2.05) is 12.1 Å². The lowest BCUT2D eigenvalue weighted by atomic mass is 10.3.